The fourth-order valence-corrected chi connectivity index (χ4v) is 3.27. The van der Waals surface area contributed by atoms with Crippen LogP contribution in [0.4, 0.5) is 0 Å². The molecular formula is C13H18N2O2. The first-order valence-corrected chi connectivity index (χ1v) is 6.07. The molecule has 1 aromatic heterocycles. The maximum Gasteiger partial charge on any atom is 0.147 e. The Morgan fingerprint density at radius 3 is 3.18 bits per heavy atom. The second-order valence-corrected chi connectivity index (χ2v) is 4.88. The van der Waals surface area contributed by atoms with Crippen LogP contribution in [0.1, 0.15) is 29.7 Å². The van der Waals surface area contributed by atoms with Crippen molar-refractivity contribution in [1.29, 1.82) is 0 Å². The van der Waals surface area contributed by atoms with E-state index >= 15 is 0 Å². The number of nitrogens with zero attached hydrogens (tertiary/aromatic N) is 2. The Morgan fingerprint density at radius 1 is 1.47 bits per heavy atom. The maximum atomic E-state index is 5.86. The lowest BCUT2D eigenvalue weighted by Crippen LogP contribution is -2.19. The van der Waals surface area contributed by atoms with Gasteiger partial charge in [-0.15, -0.1) is 0 Å². The summed E-state index contributed by atoms with van der Waals surface area (Å²) in [5, 5.41) is 0. The van der Waals surface area contributed by atoms with Gasteiger partial charge in [0.05, 0.1) is 6.10 Å². The van der Waals surface area contributed by atoms with Crippen LogP contribution in [0.2, 0.25) is 0 Å². The number of hydrogen-bond acceptors (Lipinski definition) is 4. The molecule has 0 amide bonds. The van der Waals surface area contributed by atoms with Crippen molar-refractivity contribution >= 4 is 0 Å². The molecule has 4 nitrogen and oxygen atoms in total. The second kappa shape index (κ2) is 4.37. The van der Waals surface area contributed by atoms with E-state index in [2.05, 4.69) is 23.0 Å². The monoisotopic (exact) mass is 234 g/mol. The first kappa shape index (κ1) is 11.1. The molecular weight excluding hydrogens is 216 g/mol. The van der Waals surface area contributed by atoms with Gasteiger partial charge in [0.2, 0.25) is 0 Å². The molecule has 4 heteroatoms. The van der Waals surface area contributed by atoms with Crippen LogP contribution >= 0.6 is 0 Å². The van der Waals surface area contributed by atoms with Gasteiger partial charge in [0.25, 0.3) is 0 Å². The number of likely N-dealkylation sites (tertiary alicyclic amines) is 1. The van der Waals surface area contributed by atoms with Crippen LogP contribution in [0.15, 0.2) is 18.5 Å². The Bertz CT molecular complexity index is 410. The molecule has 0 spiro atoms. The highest BCUT2D eigenvalue weighted by molar-refractivity contribution is 5.37. The van der Waals surface area contributed by atoms with Gasteiger partial charge in [-0.3, -0.25) is 9.88 Å². The predicted molar refractivity (Wildman–Crippen MR) is 63.4 cm³/mol. The predicted octanol–water partition coefficient (Wildman–Crippen LogP) is 1.75. The number of methoxy groups -OCH3 is 1. The van der Waals surface area contributed by atoms with Gasteiger partial charge in [0, 0.05) is 31.5 Å². The molecule has 0 bridgehead atoms. The zero-order chi connectivity index (χ0) is 11.8. The Labute approximate surface area is 102 Å². The van der Waals surface area contributed by atoms with Crippen molar-refractivity contribution in [2.24, 2.45) is 5.92 Å². The Hall–Kier alpha value is -0.970. The minimum absolute atomic E-state index is 0.169. The quantitative estimate of drug-likeness (QED) is 0.746. The van der Waals surface area contributed by atoms with Crippen molar-refractivity contribution in [3.05, 3.63) is 29.6 Å². The molecule has 1 saturated heterocycles. The van der Waals surface area contributed by atoms with Crippen molar-refractivity contribution in [2.75, 3.05) is 27.5 Å². The lowest BCUT2D eigenvalue weighted by Gasteiger charge is -2.21. The summed E-state index contributed by atoms with van der Waals surface area (Å²) in [6.45, 7) is 1.50. The average molecular weight is 234 g/mol. The van der Waals surface area contributed by atoms with Crippen LogP contribution < -0.4 is 0 Å². The van der Waals surface area contributed by atoms with E-state index in [4.69, 9.17) is 9.47 Å². The van der Waals surface area contributed by atoms with Gasteiger partial charge < -0.3 is 9.47 Å². The van der Waals surface area contributed by atoms with Crippen LogP contribution in [0.3, 0.4) is 0 Å². The molecule has 3 atom stereocenters. The molecule has 1 aliphatic carbocycles. The fraction of sp³-hybridized carbons (Fsp3) is 0.615. The molecule has 3 rings (SSSR count). The molecule has 0 unspecified atom stereocenters. The van der Waals surface area contributed by atoms with Crippen molar-refractivity contribution in [3.8, 4) is 0 Å². The van der Waals surface area contributed by atoms with Gasteiger partial charge in [-0.05, 0) is 37.2 Å². The summed E-state index contributed by atoms with van der Waals surface area (Å²) in [6.07, 6.45) is 5.20. The number of fused-ring (bicyclic) bond motifs is 3. The summed E-state index contributed by atoms with van der Waals surface area (Å²) < 4.78 is 10.9. The molecule has 1 aromatic rings. The molecule has 17 heavy (non-hydrogen) atoms. The first-order chi connectivity index (χ1) is 8.33. The highest BCUT2D eigenvalue weighted by atomic mass is 16.7. The van der Waals surface area contributed by atoms with Gasteiger partial charge in [-0.1, -0.05) is 0 Å². The molecule has 0 saturated carbocycles. The summed E-state index contributed by atoms with van der Waals surface area (Å²) in [4.78, 5) is 6.66. The van der Waals surface area contributed by atoms with E-state index in [1.807, 2.05) is 12.4 Å². The second-order valence-electron chi connectivity index (χ2n) is 4.88. The van der Waals surface area contributed by atoms with E-state index in [9.17, 15) is 0 Å². The van der Waals surface area contributed by atoms with E-state index in [1.54, 1.807) is 7.11 Å². The van der Waals surface area contributed by atoms with E-state index in [0.29, 0.717) is 18.8 Å². The molecule has 2 aliphatic rings. The van der Waals surface area contributed by atoms with E-state index in [0.717, 1.165) is 6.54 Å². The topological polar surface area (TPSA) is 34.6 Å². The van der Waals surface area contributed by atoms with Gasteiger partial charge in [-0.25, -0.2) is 0 Å². The summed E-state index contributed by atoms with van der Waals surface area (Å²) >= 11 is 0. The summed E-state index contributed by atoms with van der Waals surface area (Å²) in [7, 11) is 3.85. The summed E-state index contributed by atoms with van der Waals surface area (Å²) in [5.41, 5.74) is 2.62. The molecule has 0 aromatic carbocycles. The first-order valence-electron chi connectivity index (χ1n) is 6.07. The van der Waals surface area contributed by atoms with Gasteiger partial charge in [0.1, 0.15) is 6.79 Å². The number of ether oxygens (including phenoxy) is 2. The maximum absolute atomic E-state index is 5.86. The van der Waals surface area contributed by atoms with E-state index in [-0.39, 0.29) is 6.10 Å². The van der Waals surface area contributed by atoms with Gasteiger partial charge >= 0.3 is 0 Å². The van der Waals surface area contributed by atoms with Crippen molar-refractivity contribution in [2.45, 2.75) is 18.6 Å². The van der Waals surface area contributed by atoms with Crippen LogP contribution in [-0.4, -0.2) is 37.4 Å². The zero-order valence-corrected chi connectivity index (χ0v) is 10.3. The third-order valence-electron chi connectivity index (χ3n) is 3.96. The lowest BCUT2D eigenvalue weighted by molar-refractivity contribution is -0.0910. The minimum Gasteiger partial charge on any atom is -0.359 e. The van der Waals surface area contributed by atoms with Gasteiger partial charge in [-0.2, -0.15) is 0 Å². The third-order valence-corrected chi connectivity index (χ3v) is 3.96. The zero-order valence-electron chi connectivity index (χ0n) is 10.3. The largest absolute Gasteiger partial charge is 0.359 e. The van der Waals surface area contributed by atoms with Gasteiger partial charge in [0.15, 0.2) is 0 Å². The van der Waals surface area contributed by atoms with Crippen LogP contribution in [-0.2, 0) is 9.47 Å². The number of rotatable bonds is 3. The average Bonchev–Trinajstić information content (AvgIpc) is 2.86. The third kappa shape index (κ3) is 1.68. The molecule has 1 fully saturated rings. The van der Waals surface area contributed by atoms with Crippen molar-refractivity contribution in [1.82, 2.24) is 9.88 Å². The van der Waals surface area contributed by atoms with E-state index in [1.165, 1.54) is 17.5 Å². The molecule has 92 valence electrons. The summed E-state index contributed by atoms with van der Waals surface area (Å²) in [6, 6.07) is 2.56. The van der Waals surface area contributed by atoms with Crippen LogP contribution in [0.5, 0.6) is 0 Å². The van der Waals surface area contributed by atoms with E-state index < -0.39 is 0 Å². The highest BCUT2D eigenvalue weighted by Gasteiger charge is 2.46. The Kier molecular flexibility index (Phi) is 2.86. The number of hydrogen-bond donors (Lipinski definition) is 0. The number of aromatic nitrogens is 1. The van der Waals surface area contributed by atoms with Crippen LogP contribution in [0.25, 0.3) is 0 Å². The molecule has 0 N–H and O–H groups in total. The molecule has 0 radical (unpaired) electrons. The SMILES string of the molecule is COCO[C@H]1c2ccncc2[C@@H]2[C@H]1CCN2C. The standard InChI is InChI=1S/C13H18N2O2/c1-15-6-4-10-12(15)11-7-14-5-3-9(11)13(10)17-8-16-2/h3,5,7,10,12-13H,4,6,8H2,1-2H3/t10-,12+,13+/m1/s1. The molecule has 2 heterocycles. The van der Waals surface area contributed by atoms with Crippen molar-refractivity contribution in [3.63, 3.8) is 0 Å². The smallest absolute Gasteiger partial charge is 0.147 e. The summed E-state index contributed by atoms with van der Waals surface area (Å²) in [5.74, 6) is 0.550. The fourth-order valence-electron chi connectivity index (χ4n) is 3.27. The Balaban J connectivity index is 1.95. The highest BCUT2D eigenvalue weighted by Crippen LogP contribution is 2.52. The minimum atomic E-state index is 0.169. The lowest BCUT2D eigenvalue weighted by atomic mass is 10.00. The normalized spacial score (nSPS) is 31.5. The van der Waals surface area contributed by atoms with Crippen molar-refractivity contribution < 1.29 is 9.47 Å². The molecule has 1 aliphatic heterocycles. The Morgan fingerprint density at radius 2 is 2.35 bits per heavy atom. The van der Waals surface area contributed by atoms with Crippen LogP contribution in [0, 0.1) is 5.92 Å². The number of pyridine rings is 1.